The molecule has 4 rings (SSSR count). The van der Waals surface area contributed by atoms with Crippen molar-refractivity contribution < 1.29 is 19.1 Å². The second-order valence-corrected chi connectivity index (χ2v) is 6.91. The average molecular weight is 356 g/mol. The molecule has 1 saturated heterocycles. The first-order valence-corrected chi connectivity index (χ1v) is 9.38. The number of anilines is 1. The smallest absolute Gasteiger partial charge is 0.261 e. The minimum absolute atomic E-state index is 0.148. The Hall–Kier alpha value is -2.18. The van der Waals surface area contributed by atoms with Crippen molar-refractivity contribution in [3.63, 3.8) is 0 Å². The number of rotatable bonds is 5. The molecule has 0 radical (unpaired) electrons. The summed E-state index contributed by atoms with van der Waals surface area (Å²) in [5.41, 5.74) is 2.05. The topological polar surface area (TPSA) is 59.1 Å². The van der Waals surface area contributed by atoms with Gasteiger partial charge in [0.1, 0.15) is 12.4 Å². The van der Waals surface area contributed by atoms with Gasteiger partial charge in [0.05, 0.1) is 18.9 Å². The van der Waals surface area contributed by atoms with Gasteiger partial charge < -0.3 is 9.47 Å². The summed E-state index contributed by atoms with van der Waals surface area (Å²) in [5, 5.41) is 0. The van der Waals surface area contributed by atoms with Crippen LogP contribution in [0.3, 0.4) is 0 Å². The molecule has 26 heavy (non-hydrogen) atoms. The summed E-state index contributed by atoms with van der Waals surface area (Å²) in [6, 6.07) is 7.23. The fourth-order valence-electron chi connectivity index (χ4n) is 3.78. The third kappa shape index (κ3) is 3.39. The highest BCUT2D eigenvalue weighted by molar-refractivity contribution is 6.33. The van der Waals surface area contributed by atoms with Crippen molar-refractivity contribution in [3.05, 3.63) is 35.4 Å². The van der Waals surface area contributed by atoms with Gasteiger partial charge in [-0.2, -0.15) is 0 Å². The first-order valence-electron chi connectivity index (χ1n) is 9.38. The maximum Gasteiger partial charge on any atom is 0.261 e. The van der Waals surface area contributed by atoms with Crippen molar-refractivity contribution in [3.8, 4) is 5.75 Å². The molecule has 1 aliphatic carbocycles. The molecule has 0 spiro atoms. The van der Waals surface area contributed by atoms with Crippen molar-refractivity contribution in [2.24, 2.45) is 0 Å². The summed E-state index contributed by atoms with van der Waals surface area (Å²) in [6.07, 6.45) is 3.42. The Kier molecular flexibility index (Phi) is 5.04. The highest BCUT2D eigenvalue weighted by atomic mass is 16.5. The standard InChI is InChI=1S/C20H24N2O4/c23-19-17-3-1-2-4-18(17)20(24)22(19)15-5-7-16(8-6-15)26-14-11-21-9-12-25-13-10-21/h5-8H,1-4,9-14H2. The summed E-state index contributed by atoms with van der Waals surface area (Å²) < 4.78 is 11.1. The van der Waals surface area contributed by atoms with E-state index in [1.54, 1.807) is 12.1 Å². The predicted octanol–water partition coefficient (Wildman–Crippen LogP) is 2.14. The van der Waals surface area contributed by atoms with Crippen LogP contribution in [0.5, 0.6) is 5.75 Å². The van der Waals surface area contributed by atoms with Crippen molar-refractivity contribution >= 4 is 17.5 Å². The molecule has 0 aromatic heterocycles. The number of benzene rings is 1. The van der Waals surface area contributed by atoms with Gasteiger partial charge in [0, 0.05) is 30.8 Å². The SMILES string of the molecule is O=C1C2=C(CCCC2)C(=O)N1c1ccc(OCCN2CCOCC2)cc1. The van der Waals surface area contributed by atoms with Crippen LogP contribution in [0.1, 0.15) is 25.7 Å². The molecular weight excluding hydrogens is 332 g/mol. The molecule has 0 N–H and O–H groups in total. The number of hydrogen-bond donors (Lipinski definition) is 0. The Bertz CT molecular complexity index is 692. The maximum atomic E-state index is 12.6. The third-order valence-corrected chi connectivity index (χ3v) is 5.27. The maximum absolute atomic E-state index is 12.6. The van der Waals surface area contributed by atoms with Crippen LogP contribution in [0.25, 0.3) is 0 Å². The highest BCUT2D eigenvalue weighted by Gasteiger charge is 2.39. The number of ether oxygens (including phenoxy) is 2. The van der Waals surface area contributed by atoms with E-state index < -0.39 is 0 Å². The van der Waals surface area contributed by atoms with Crippen LogP contribution in [0.4, 0.5) is 5.69 Å². The summed E-state index contributed by atoms with van der Waals surface area (Å²) in [6.45, 7) is 4.93. The number of amides is 2. The molecule has 0 saturated carbocycles. The molecule has 6 heteroatoms. The average Bonchev–Trinajstić information content (AvgIpc) is 2.94. The number of hydrogen-bond acceptors (Lipinski definition) is 5. The van der Waals surface area contributed by atoms with Gasteiger partial charge in [0.2, 0.25) is 0 Å². The minimum Gasteiger partial charge on any atom is -0.492 e. The van der Waals surface area contributed by atoms with Crippen molar-refractivity contribution in [1.82, 2.24) is 4.90 Å². The van der Waals surface area contributed by atoms with Crippen LogP contribution in [0, 0.1) is 0 Å². The fourth-order valence-corrected chi connectivity index (χ4v) is 3.78. The van der Waals surface area contributed by atoms with Crippen LogP contribution >= 0.6 is 0 Å². The molecule has 1 aromatic rings. The van der Waals surface area contributed by atoms with Crippen LogP contribution in [0.2, 0.25) is 0 Å². The monoisotopic (exact) mass is 356 g/mol. The number of morpholine rings is 1. The predicted molar refractivity (Wildman–Crippen MR) is 97.2 cm³/mol. The van der Waals surface area contributed by atoms with Gasteiger partial charge in [0.15, 0.2) is 0 Å². The summed E-state index contributed by atoms with van der Waals surface area (Å²) in [4.78, 5) is 28.8. The largest absolute Gasteiger partial charge is 0.492 e. The van der Waals surface area contributed by atoms with Gasteiger partial charge in [-0.05, 0) is 49.9 Å². The zero-order valence-electron chi connectivity index (χ0n) is 14.9. The summed E-state index contributed by atoms with van der Waals surface area (Å²) in [5.74, 6) is 0.454. The summed E-state index contributed by atoms with van der Waals surface area (Å²) in [7, 11) is 0. The first kappa shape index (κ1) is 17.2. The molecule has 3 aliphatic rings. The van der Waals surface area contributed by atoms with Gasteiger partial charge in [-0.3, -0.25) is 14.5 Å². The van der Waals surface area contributed by atoms with E-state index in [0.717, 1.165) is 64.3 Å². The molecule has 1 fully saturated rings. The number of carbonyl (C=O) groups is 2. The van der Waals surface area contributed by atoms with Crippen molar-refractivity contribution in [1.29, 1.82) is 0 Å². The Balaban J connectivity index is 1.36. The molecule has 0 unspecified atom stereocenters. The van der Waals surface area contributed by atoms with Crippen LogP contribution in [-0.4, -0.2) is 56.2 Å². The Labute approximate surface area is 153 Å². The lowest BCUT2D eigenvalue weighted by Crippen LogP contribution is -2.38. The Morgan fingerprint density at radius 1 is 0.923 bits per heavy atom. The number of imide groups is 1. The molecule has 2 heterocycles. The molecule has 1 aromatic carbocycles. The summed E-state index contributed by atoms with van der Waals surface area (Å²) >= 11 is 0. The van der Waals surface area contributed by atoms with Gasteiger partial charge in [-0.25, -0.2) is 4.90 Å². The Morgan fingerprint density at radius 2 is 1.54 bits per heavy atom. The van der Waals surface area contributed by atoms with E-state index in [2.05, 4.69) is 4.90 Å². The molecule has 2 aliphatic heterocycles. The van der Waals surface area contributed by atoms with Crippen molar-refractivity contribution in [2.75, 3.05) is 44.4 Å². The molecular formula is C20H24N2O4. The van der Waals surface area contributed by atoms with Crippen LogP contribution in [0.15, 0.2) is 35.4 Å². The van der Waals surface area contributed by atoms with E-state index >= 15 is 0 Å². The van der Waals surface area contributed by atoms with Crippen LogP contribution in [-0.2, 0) is 14.3 Å². The van der Waals surface area contributed by atoms with E-state index in [1.165, 1.54) is 4.90 Å². The lowest BCUT2D eigenvalue weighted by atomic mass is 9.93. The second-order valence-electron chi connectivity index (χ2n) is 6.91. The second kappa shape index (κ2) is 7.60. The highest BCUT2D eigenvalue weighted by Crippen LogP contribution is 2.35. The van der Waals surface area contributed by atoms with Gasteiger partial charge in [-0.15, -0.1) is 0 Å². The molecule has 6 nitrogen and oxygen atoms in total. The van der Waals surface area contributed by atoms with E-state index in [-0.39, 0.29) is 11.8 Å². The fraction of sp³-hybridized carbons (Fsp3) is 0.500. The normalized spacial score (nSPS) is 21.3. The third-order valence-electron chi connectivity index (χ3n) is 5.27. The molecule has 0 bridgehead atoms. The van der Waals surface area contributed by atoms with E-state index in [9.17, 15) is 9.59 Å². The number of carbonyl (C=O) groups excluding carboxylic acids is 2. The molecule has 2 amide bonds. The van der Waals surface area contributed by atoms with E-state index in [0.29, 0.717) is 23.4 Å². The van der Waals surface area contributed by atoms with Crippen molar-refractivity contribution in [2.45, 2.75) is 25.7 Å². The zero-order valence-corrected chi connectivity index (χ0v) is 14.9. The van der Waals surface area contributed by atoms with Gasteiger partial charge in [0.25, 0.3) is 11.8 Å². The van der Waals surface area contributed by atoms with E-state index in [1.807, 2.05) is 12.1 Å². The lowest BCUT2D eigenvalue weighted by molar-refractivity contribution is -0.120. The van der Waals surface area contributed by atoms with Crippen LogP contribution < -0.4 is 9.64 Å². The Morgan fingerprint density at radius 3 is 2.15 bits per heavy atom. The minimum atomic E-state index is -0.148. The van der Waals surface area contributed by atoms with E-state index in [4.69, 9.17) is 9.47 Å². The lowest BCUT2D eigenvalue weighted by Gasteiger charge is -2.26. The molecule has 138 valence electrons. The quantitative estimate of drug-likeness (QED) is 0.757. The van der Waals surface area contributed by atoms with Gasteiger partial charge >= 0.3 is 0 Å². The van der Waals surface area contributed by atoms with Gasteiger partial charge in [-0.1, -0.05) is 0 Å². The zero-order chi connectivity index (χ0) is 17.9. The molecule has 0 atom stereocenters. The number of nitrogens with zero attached hydrogens (tertiary/aromatic N) is 2. The first-order chi connectivity index (χ1) is 12.7.